The van der Waals surface area contributed by atoms with Crippen LogP contribution in [0.25, 0.3) is 0 Å². The molecule has 6 rings (SSSR count). The standard InChI is InChI=1S/C30H47N3/c1-18(2)20-10-13-30(31)15-14-28(6)21(24(20)30)8-9-23-27(5)16-19-17-32-33-25(19)26(3,4)22(27)11-12-29(23,28)7/h17,20-24H,1,8-16,31H2,2-7H3,(H,32,33)/t20-,21+,22-,23+,24+,27-,28+,29+,30-/m0/s1. The summed E-state index contributed by atoms with van der Waals surface area (Å²) in [6.07, 6.45) is 13.8. The number of nitrogens with one attached hydrogen (secondary N) is 1. The molecule has 0 spiro atoms. The van der Waals surface area contributed by atoms with Crippen LogP contribution in [0.2, 0.25) is 0 Å². The van der Waals surface area contributed by atoms with Crippen molar-refractivity contribution in [2.24, 2.45) is 51.6 Å². The first-order valence-corrected chi connectivity index (χ1v) is 13.9. The van der Waals surface area contributed by atoms with E-state index >= 15 is 0 Å². The highest BCUT2D eigenvalue weighted by atomic mass is 15.1. The van der Waals surface area contributed by atoms with Crippen LogP contribution in [-0.2, 0) is 11.8 Å². The Labute approximate surface area is 201 Å². The summed E-state index contributed by atoms with van der Waals surface area (Å²) in [5.41, 5.74) is 12.9. The smallest absolute Gasteiger partial charge is 0.0522 e. The van der Waals surface area contributed by atoms with Gasteiger partial charge in [-0.2, -0.15) is 5.10 Å². The van der Waals surface area contributed by atoms with Gasteiger partial charge in [0.15, 0.2) is 0 Å². The molecule has 1 aromatic heterocycles. The maximum absolute atomic E-state index is 7.23. The van der Waals surface area contributed by atoms with Gasteiger partial charge in [-0.15, -0.1) is 0 Å². The zero-order valence-electron chi connectivity index (χ0n) is 22.1. The average molecular weight is 450 g/mol. The largest absolute Gasteiger partial charge is 0.325 e. The molecule has 4 saturated carbocycles. The zero-order valence-corrected chi connectivity index (χ0v) is 22.1. The number of aromatic nitrogens is 2. The molecule has 3 heteroatoms. The van der Waals surface area contributed by atoms with Crippen molar-refractivity contribution >= 4 is 0 Å². The lowest BCUT2D eigenvalue weighted by Gasteiger charge is -2.72. The Bertz CT molecular complexity index is 990. The molecule has 3 N–H and O–H groups in total. The van der Waals surface area contributed by atoms with Crippen molar-refractivity contribution in [1.29, 1.82) is 0 Å². The van der Waals surface area contributed by atoms with E-state index in [1.165, 1.54) is 74.6 Å². The van der Waals surface area contributed by atoms with E-state index in [1.807, 2.05) is 0 Å². The second-order valence-electron chi connectivity index (χ2n) is 14.6. The van der Waals surface area contributed by atoms with Gasteiger partial charge in [0.25, 0.3) is 0 Å². The van der Waals surface area contributed by atoms with Crippen molar-refractivity contribution in [2.45, 2.75) is 110 Å². The normalized spacial score (nSPS) is 52.2. The lowest BCUT2D eigenvalue weighted by Crippen LogP contribution is -2.68. The lowest BCUT2D eigenvalue weighted by atomic mass is 9.33. The topological polar surface area (TPSA) is 54.7 Å². The third kappa shape index (κ3) is 2.54. The van der Waals surface area contributed by atoms with E-state index in [-0.39, 0.29) is 11.0 Å². The Morgan fingerprint density at radius 1 is 0.970 bits per heavy atom. The minimum atomic E-state index is 0.0522. The zero-order chi connectivity index (χ0) is 23.6. The van der Waals surface area contributed by atoms with Crippen LogP contribution in [0.15, 0.2) is 18.3 Å². The van der Waals surface area contributed by atoms with Crippen LogP contribution in [0.4, 0.5) is 0 Å². The van der Waals surface area contributed by atoms with Crippen molar-refractivity contribution in [2.75, 3.05) is 0 Å². The van der Waals surface area contributed by atoms with Crippen LogP contribution in [0, 0.1) is 45.8 Å². The molecule has 182 valence electrons. The quantitative estimate of drug-likeness (QED) is 0.464. The van der Waals surface area contributed by atoms with E-state index in [1.54, 1.807) is 0 Å². The van der Waals surface area contributed by atoms with Gasteiger partial charge >= 0.3 is 0 Å². The number of aromatic amines is 1. The molecular formula is C30H47N3. The molecule has 0 bridgehead atoms. The van der Waals surface area contributed by atoms with Gasteiger partial charge in [0.2, 0.25) is 0 Å². The van der Waals surface area contributed by atoms with Crippen LogP contribution in [0.5, 0.6) is 0 Å². The fourth-order valence-electron chi connectivity index (χ4n) is 11.6. The van der Waals surface area contributed by atoms with Gasteiger partial charge in [-0.25, -0.2) is 0 Å². The minimum Gasteiger partial charge on any atom is -0.325 e. The summed E-state index contributed by atoms with van der Waals surface area (Å²) < 4.78 is 0. The van der Waals surface area contributed by atoms with Gasteiger partial charge in [0.05, 0.1) is 6.20 Å². The van der Waals surface area contributed by atoms with Crippen molar-refractivity contribution in [3.05, 3.63) is 29.6 Å². The summed E-state index contributed by atoms with van der Waals surface area (Å²) in [5.74, 6) is 3.53. The Kier molecular flexibility index (Phi) is 4.45. The van der Waals surface area contributed by atoms with Crippen molar-refractivity contribution in [3.8, 4) is 0 Å². The van der Waals surface area contributed by atoms with E-state index in [4.69, 9.17) is 5.73 Å². The Morgan fingerprint density at radius 3 is 2.45 bits per heavy atom. The lowest BCUT2D eigenvalue weighted by molar-refractivity contribution is -0.217. The van der Waals surface area contributed by atoms with Crippen molar-refractivity contribution in [3.63, 3.8) is 0 Å². The highest BCUT2D eigenvalue weighted by molar-refractivity contribution is 5.34. The molecule has 0 aromatic carbocycles. The minimum absolute atomic E-state index is 0.0522. The predicted molar refractivity (Wildman–Crippen MR) is 136 cm³/mol. The van der Waals surface area contributed by atoms with Crippen LogP contribution in [0.1, 0.15) is 104 Å². The highest BCUT2D eigenvalue weighted by Crippen LogP contribution is 2.75. The van der Waals surface area contributed by atoms with Gasteiger partial charge in [-0.1, -0.05) is 46.8 Å². The molecular weight excluding hydrogens is 402 g/mol. The summed E-state index contributed by atoms with van der Waals surface area (Å²) in [6, 6.07) is 0. The number of H-pyrrole nitrogens is 1. The van der Waals surface area contributed by atoms with Gasteiger partial charge in [0.1, 0.15) is 0 Å². The first-order valence-electron chi connectivity index (χ1n) is 13.9. The second kappa shape index (κ2) is 6.56. The first kappa shape index (κ1) is 22.4. The van der Waals surface area contributed by atoms with Crippen LogP contribution in [-0.4, -0.2) is 15.7 Å². The first-order chi connectivity index (χ1) is 15.4. The monoisotopic (exact) mass is 449 g/mol. The molecule has 5 aliphatic carbocycles. The summed E-state index contributed by atoms with van der Waals surface area (Å²) in [6.45, 7) is 19.8. The molecule has 0 aliphatic heterocycles. The number of hydrogen-bond acceptors (Lipinski definition) is 2. The summed E-state index contributed by atoms with van der Waals surface area (Å²) in [7, 11) is 0. The van der Waals surface area contributed by atoms with Gasteiger partial charge in [0, 0.05) is 16.6 Å². The van der Waals surface area contributed by atoms with E-state index in [0.717, 1.165) is 17.8 Å². The number of nitrogens with two attached hydrogens (primary N) is 1. The predicted octanol–water partition coefficient (Wildman–Crippen LogP) is 6.79. The molecule has 0 radical (unpaired) electrons. The van der Waals surface area contributed by atoms with Gasteiger partial charge in [-0.05, 0) is 116 Å². The number of rotatable bonds is 1. The number of allylic oxidation sites excluding steroid dienone is 1. The van der Waals surface area contributed by atoms with Crippen LogP contribution >= 0.6 is 0 Å². The Hall–Kier alpha value is -1.09. The molecule has 3 nitrogen and oxygen atoms in total. The fraction of sp³-hybridized carbons (Fsp3) is 0.833. The summed E-state index contributed by atoms with van der Waals surface area (Å²) in [4.78, 5) is 0. The number of nitrogens with zero attached hydrogens (tertiary/aromatic N) is 1. The summed E-state index contributed by atoms with van der Waals surface area (Å²) >= 11 is 0. The van der Waals surface area contributed by atoms with Crippen LogP contribution in [0.3, 0.4) is 0 Å². The van der Waals surface area contributed by atoms with Crippen LogP contribution < -0.4 is 5.73 Å². The molecule has 0 saturated heterocycles. The molecule has 9 atom stereocenters. The number of fused-ring (bicyclic) bond motifs is 8. The summed E-state index contributed by atoms with van der Waals surface area (Å²) in [5, 5.41) is 7.92. The van der Waals surface area contributed by atoms with Crippen molar-refractivity contribution in [1.82, 2.24) is 10.2 Å². The molecule has 5 aliphatic rings. The third-order valence-corrected chi connectivity index (χ3v) is 13.2. The Morgan fingerprint density at radius 2 is 1.73 bits per heavy atom. The number of hydrogen-bond donors (Lipinski definition) is 2. The van der Waals surface area contributed by atoms with E-state index in [0.29, 0.717) is 28.1 Å². The SMILES string of the molecule is C=C(C)[C@@H]1CC[C@]2(N)CC[C@]3(C)[C@H](CC[C@@H]4[C@@]5(C)Cc6cn[nH]c6C(C)(C)[C@@H]5CC[C@]43C)[C@@H]12. The maximum atomic E-state index is 7.23. The third-order valence-electron chi connectivity index (χ3n) is 13.2. The molecule has 0 unspecified atom stereocenters. The molecule has 4 fully saturated rings. The fourth-order valence-corrected chi connectivity index (χ4v) is 11.6. The van der Waals surface area contributed by atoms with E-state index in [2.05, 4.69) is 64.5 Å². The molecule has 1 heterocycles. The van der Waals surface area contributed by atoms with Crippen molar-refractivity contribution < 1.29 is 0 Å². The highest BCUT2D eigenvalue weighted by Gasteiger charge is 2.70. The van der Waals surface area contributed by atoms with Gasteiger partial charge in [-0.3, -0.25) is 5.10 Å². The van der Waals surface area contributed by atoms with Gasteiger partial charge < -0.3 is 5.73 Å². The maximum Gasteiger partial charge on any atom is 0.0522 e. The molecule has 33 heavy (non-hydrogen) atoms. The van der Waals surface area contributed by atoms with E-state index < -0.39 is 0 Å². The average Bonchev–Trinajstić information content (AvgIpc) is 3.33. The molecule has 0 amide bonds. The second-order valence-corrected chi connectivity index (χ2v) is 14.6. The van der Waals surface area contributed by atoms with E-state index in [9.17, 15) is 0 Å². The Balaban J connectivity index is 1.43. The molecule has 1 aromatic rings.